The second-order valence-electron chi connectivity index (χ2n) is 11.5. The number of aliphatic hydroxyl groups is 1. The van der Waals surface area contributed by atoms with E-state index in [1.165, 1.54) is 18.4 Å². The number of hydrogen-bond donors (Lipinski definition) is 1. The zero-order valence-electron chi connectivity index (χ0n) is 21.6. The molecule has 7 rings (SSSR count). The van der Waals surface area contributed by atoms with Crippen LogP contribution in [-0.4, -0.2) is 83.9 Å². The molecule has 37 heavy (non-hydrogen) atoms. The second kappa shape index (κ2) is 8.33. The van der Waals surface area contributed by atoms with Crippen molar-refractivity contribution in [2.75, 3.05) is 40.4 Å². The number of rotatable bonds is 6. The summed E-state index contributed by atoms with van der Waals surface area (Å²) in [6.07, 6.45) is 4.60. The van der Waals surface area contributed by atoms with E-state index in [-0.39, 0.29) is 24.5 Å². The molecule has 2 aliphatic carbocycles. The van der Waals surface area contributed by atoms with Crippen LogP contribution in [0.5, 0.6) is 17.4 Å². The first kappa shape index (κ1) is 23.3. The van der Waals surface area contributed by atoms with Crippen molar-refractivity contribution >= 4 is 5.91 Å². The molecule has 0 radical (unpaired) electrons. The van der Waals surface area contributed by atoms with Crippen molar-refractivity contribution in [2.24, 2.45) is 5.92 Å². The number of nitrogens with zero attached hydrogens (tertiary/aromatic N) is 3. The minimum Gasteiger partial charge on any atom is -0.493 e. The lowest BCUT2D eigenvalue weighted by Gasteiger charge is -2.60. The molecule has 196 valence electrons. The lowest BCUT2D eigenvalue weighted by atomic mass is 9.52. The number of likely N-dealkylation sites (tertiary alicyclic amines) is 2. The quantitative estimate of drug-likeness (QED) is 0.645. The lowest BCUT2D eigenvalue weighted by Crippen LogP contribution is -2.74. The van der Waals surface area contributed by atoms with Crippen LogP contribution in [0.1, 0.15) is 42.5 Å². The van der Waals surface area contributed by atoms with E-state index >= 15 is 0 Å². The summed E-state index contributed by atoms with van der Waals surface area (Å²) < 4.78 is 17.7. The monoisotopic (exact) mass is 505 g/mol. The molecular weight excluding hydrogens is 470 g/mol. The number of carbonyl (C=O) groups is 1. The van der Waals surface area contributed by atoms with Crippen molar-refractivity contribution in [3.63, 3.8) is 0 Å². The van der Waals surface area contributed by atoms with Crippen molar-refractivity contribution in [2.45, 2.75) is 61.7 Å². The molecule has 5 aliphatic rings. The van der Waals surface area contributed by atoms with Gasteiger partial charge >= 0.3 is 0 Å². The number of amides is 1. The minimum absolute atomic E-state index is 0.00414. The topological polar surface area (TPSA) is 84.4 Å². The Labute approximate surface area is 217 Å². The largest absolute Gasteiger partial charge is 0.493 e. The van der Waals surface area contributed by atoms with Crippen molar-refractivity contribution in [3.05, 3.63) is 47.2 Å². The lowest BCUT2D eigenvalue weighted by molar-refractivity contribution is -0.162. The average Bonchev–Trinajstić information content (AvgIpc) is 3.67. The van der Waals surface area contributed by atoms with Crippen LogP contribution in [0, 0.1) is 5.92 Å². The molecule has 1 saturated carbocycles. The smallest absolute Gasteiger partial charge is 0.228 e. The summed E-state index contributed by atoms with van der Waals surface area (Å²) in [5, 5.41) is 12.8. The Bertz CT molecular complexity index is 1250. The number of piperidine rings is 1. The van der Waals surface area contributed by atoms with Crippen LogP contribution in [0.4, 0.5) is 0 Å². The molecule has 8 heteroatoms. The molecule has 1 amide bonds. The van der Waals surface area contributed by atoms with E-state index in [9.17, 15) is 9.90 Å². The van der Waals surface area contributed by atoms with E-state index in [2.05, 4.69) is 16.0 Å². The molecule has 0 unspecified atom stereocenters. The molecule has 2 saturated heterocycles. The van der Waals surface area contributed by atoms with Crippen LogP contribution in [0.25, 0.3) is 0 Å². The van der Waals surface area contributed by atoms with E-state index in [1.54, 1.807) is 20.3 Å². The molecule has 1 aromatic heterocycles. The van der Waals surface area contributed by atoms with Crippen LogP contribution < -0.4 is 14.2 Å². The number of carbonyl (C=O) groups excluding carboxylic acids is 1. The van der Waals surface area contributed by atoms with Gasteiger partial charge in [-0.3, -0.25) is 9.69 Å². The summed E-state index contributed by atoms with van der Waals surface area (Å²) in [5.41, 5.74) is 1.55. The molecule has 3 fully saturated rings. The fraction of sp³-hybridized carbons (Fsp3) is 0.586. The number of aromatic nitrogens is 1. The summed E-state index contributed by atoms with van der Waals surface area (Å²) in [4.78, 5) is 22.5. The van der Waals surface area contributed by atoms with Crippen LogP contribution >= 0.6 is 0 Å². The Morgan fingerprint density at radius 1 is 1.16 bits per heavy atom. The highest BCUT2D eigenvalue weighted by atomic mass is 16.5. The van der Waals surface area contributed by atoms with Gasteiger partial charge in [0.15, 0.2) is 11.5 Å². The normalized spacial score (nSPS) is 31.8. The van der Waals surface area contributed by atoms with Gasteiger partial charge in [-0.25, -0.2) is 4.98 Å². The first-order chi connectivity index (χ1) is 18.0. The molecule has 2 aromatic rings. The van der Waals surface area contributed by atoms with Crippen molar-refractivity contribution in [1.82, 2.24) is 14.8 Å². The highest BCUT2D eigenvalue weighted by Crippen LogP contribution is 2.63. The second-order valence-corrected chi connectivity index (χ2v) is 11.5. The fourth-order valence-corrected chi connectivity index (χ4v) is 7.72. The first-order valence-electron chi connectivity index (χ1n) is 13.6. The average molecular weight is 506 g/mol. The molecule has 1 N–H and O–H groups in total. The van der Waals surface area contributed by atoms with Gasteiger partial charge < -0.3 is 24.2 Å². The Hall–Kier alpha value is -2.84. The van der Waals surface area contributed by atoms with Gasteiger partial charge in [-0.15, -0.1) is 0 Å². The first-order valence-corrected chi connectivity index (χ1v) is 13.6. The number of ether oxygens (including phenoxy) is 3. The molecular formula is C29H35N3O5. The predicted molar refractivity (Wildman–Crippen MR) is 136 cm³/mol. The molecule has 2 bridgehead atoms. The van der Waals surface area contributed by atoms with Gasteiger partial charge in [-0.2, -0.15) is 0 Å². The van der Waals surface area contributed by atoms with Crippen molar-refractivity contribution in [3.8, 4) is 17.4 Å². The molecule has 4 atom stereocenters. The van der Waals surface area contributed by atoms with Crippen LogP contribution in [0.3, 0.4) is 0 Å². The summed E-state index contributed by atoms with van der Waals surface area (Å²) in [5.74, 6) is 2.72. The Morgan fingerprint density at radius 3 is 2.81 bits per heavy atom. The van der Waals surface area contributed by atoms with Crippen LogP contribution in [-0.2, 0) is 23.1 Å². The Balaban J connectivity index is 1.27. The van der Waals surface area contributed by atoms with Gasteiger partial charge in [0.25, 0.3) is 0 Å². The van der Waals surface area contributed by atoms with Crippen LogP contribution in [0.2, 0.25) is 0 Å². The third-order valence-corrected chi connectivity index (χ3v) is 9.67. The van der Waals surface area contributed by atoms with E-state index < -0.39 is 11.0 Å². The van der Waals surface area contributed by atoms with Gasteiger partial charge in [-0.1, -0.05) is 12.1 Å². The number of benzene rings is 1. The maximum absolute atomic E-state index is 13.6. The Kier molecular flexibility index (Phi) is 5.24. The molecule has 1 spiro atoms. The number of hydrogen-bond acceptors (Lipinski definition) is 7. The fourth-order valence-electron chi connectivity index (χ4n) is 7.72. The van der Waals surface area contributed by atoms with E-state index in [0.717, 1.165) is 43.2 Å². The van der Waals surface area contributed by atoms with E-state index in [4.69, 9.17) is 14.2 Å². The van der Waals surface area contributed by atoms with Gasteiger partial charge in [0, 0.05) is 30.8 Å². The molecule has 1 aromatic carbocycles. The standard InChI is InChI=1S/C29H35N3O5/c1-35-21-9-8-19-14-22-29(34)11-13-32(25(33)15-20-4-3-5-24(30-20)36-2)17-23-28(29,26(19)27(21)37-23)10-12-31(22)16-18-6-7-18/h3-5,8-9,18,22-23,34H,6-7,10-17H2,1-2H3/t22-,23+,28-,29-/m1/s1. The van der Waals surface area contributed by atoms with Gasteiger partial charge in [-0.05, 0) is 62.3 Å². The van der Waals surface area contributed by atoms with Crippen molar-refractivity contribution < 1.29 is 24.1 Å². The maximum atomic E-state index is 13.6. The highest BCUT2D eigenvalue weighted by molar-refractivity contribution is 5.79. The van der Waals surface area contributed by atoms with Gasteiger partial charge in [0.1, 0.15) is 6.10 Å². The van der Waals surface area contributed by atoms with Crippen molar-refractivity contribution in [1.29, 1.82) is 0 Å². The van der Waals surface area contributed by atoms with E-state index in [0.29, 0.717) is 36.8 Å². The number of pyridine rings is 1. The minimum atomic E-state index is -0.974. The molecule has 8 nitrogen and oxygen atoms in total. The van der Waals surface area contributed by atoms with Crippen LogP contribution in [0.15, 0.2) is 30.3 Å². The van der Waals surface area contributed by atoms with E-state index in [1.807, 2.05) is 23.1 Å². The molecule has 4 heterocycles. The summed E-state index contributed by atoms with van der Waals surface area (Å²) in [7, 11) is 3.24. The zero-order chi connectivity index (χ0) is 25.4. The zero-order valence-corrected chi connectivity index (χ0v) is 21.6. The molecule has 3 aliphatic heterocycles. The van der Waals surface area contributed by atoms with Gasteiger partial charge in [0.05, 0.1) is 43.9 Å². The highest BCUT2D eigenvalue weighted by Gasteiger charge is 2.71. The third kappa shape index (κ3) is 3.34. The summed E-state index contributed by atoms with van der Waals surface area (Å²) in [6, 6.07) is 9.68. The number of methoxy groups -OCH3 is 2. The Morgan fingerprint density at radius 2 is 2.03 bits per heavy atom. The third-order valence-electron chi connectivity index (χ3n) is 9.67. The summed E-state index contributed by atoms with van der Waals surface area (Å²) >= 11 is 0. The maximum Gasteiger partial charge on any atom is 0.228 e. The summed E-state index contributed by atoms with van der Waals surface area (Å²) in [6.45, 7) is 2.94. The predicted octanol–water partition coefficient (Wildman–Crippen LogP) is 2.34. The van der Waals surface area contributed by atoms with Gasteiger partial charge in [0.2, 0.25) is 11.8 Å². The SMILES string of the molecule is COc1cccc(CC(=O)N2CC[C@@]3(O)[C@H]4Cc5ccc(OC)c6c5[C@@]3(CCN4CC3CC3)[C@H](C2)O6)n1.